The number of hydrogen-bond acceptors (Lipinski definition) is 9. The van der Waals surface area contributed by atoms with E-state index in [4.69, 9.17) is 10.5 Å². The van der Waals surface area contributed by atoms with Gasteiger partial charge >= 0.3 is 12.2 Å². The number of aliphatic hydroxyl groups excluding tert-OH is 1. The van der Waals surface area contributed by atoms with Crippen LogP contribution in [0.2, 0.25) is 0 Å². The van der Waals surface area contributed by atoms with Crippen LogP contribution in [0.4, 0.5) is 32.9 Å². The maximum Gasteiger partial charge on any atom is 0.417 e. The Kier molecular flexibility index (Phi) is 5.75. The third kappa shape index (κ3) is 4.16. The van der Waals surface area contributed by atoms with Gasteiger partial charge in [0.15, 0.2) is 10.9 Å². The first-order valence-corrected chi connectivity index (χ1v) is 15.0. The van der Waals surface area contributed by atoms with Crippen LogP contribution in [0.5, 0.6) is 6.01 Å². The van der Waals surface area contributed by atoms with E-state index in [9.17, 15) is 22.7 Å². The van der Waals surface area contributed by atoms with Crippen LogP contribution in [0.25, 0.3) is 32.2 Å². The Morgan fingerprint density at radius 3 is 2.44 bits per heavy atom. The number of fused-ring (bicyclic) bond motifs is 4. The number of halogens is 5. The van der Waals surface area contributed by atoms with E-state index >= 15 is 4.39 Å². The second-order valence-electron chi connectivity index (χ2n) is 12.7. The molecule has 2 saturated heterocycles. The molecule has 4 heterocycles. The van der Waals surface area contributed by atoms with E-state index in [2.05, 4.69) is 20.3 Å². The molecule has 4 aromatic rings. The molecule has 43 heavy (non-hydrogen) atoms. The number of alkyl halides is 3. The lowest BCUT2D eigenvalue weighted by Gasteiger charge is -2.69. The summed E-state index contributed by atoms with van der Waals surface area (Å²) in [6.45, 7) is 1.37. The zero-order valence-electron chi connectivity index (χ0n) is 22.8. The summed E-state index contributed by atoms with van der Waals surface area (Å²) in [5, 5.41) is 13.0. The van der Waals surface area contributed by atoms with Gasteiger partial charge in [0.2, 0.25) is 0 Å². The molecule has 3 saturated carbocycles. The number of aliphatic hydroxyl groups is 1. The van der Waals surface area contributed by atoms with Crippen molar-refractivity contribution < 1.29 is 31.8 Å². The van der Waals surface area contributed by atoms with Crippen molar-refractivity contribution in [1.29, 1.82) is 0 Å². The highest BCUT2D eigenvalue weighted by Crippen LogP contribution is 2.72. The molecule has 14 heteroatoms. The first kappa shape index (κ1) is 27.2. The molecule has 3 aliphatic carbocycles. The average molecular weight is 619 g/mol. The Hall–Kier alpha value is -3.36. The average Bonchev–Trinajstić information content (AvgIpc) is 3.48. The molecule has 2 aromatic heterocycles. The van der Waals surface area contributed by atoms with E-state index in [1.807, 2.05) is 4.90 Å². The first-order valence-electron chi connectivity index (χ1n) is 14.2. The topological polar surface area (TPSA) is 109 Å². The van der Waals surface area contributed by atoms with Crippen LogP contribution < -0.4 is 20.7 Å². The normalized spacial score (nSPS) is 27.9. The van der Waals surface area contributed by atoms with Crippen LogP contribution in [0.3, 0.4) is 0 Å². The Labute approximate surface area is 246 Å². The number of nitrogen functional groups attached to an aromatic ring is 1. The monoisotopic (exact) mass is 618 g/mol. The summed E-state index contributed by atoms with van der Waals surface area (Å²) in [6, 6.07) is 3.10. The summed E-state index contributed by atoms with van der Waals surface area (Å²) in [5.41, 5.74) is 2.89. The molecule has 2 unspecified atom stereocenters. The number of benzene rings is 2. The molecule has 0 spiro atoms. The van der Waals surface area contributed by atoms with E-state index in [-0.39, 0.29) is 79.8 Å². The minimum absolute atomic E-state index is 0.0482. The summed E-state index contributed by atoms with van der Waals surface area (Å²) in [4.78, 5) is 14.8. The minimum atomic E-state index is -4.96. The molecule has 9 rings (SSSR count). The lowest BCUT2D eigenvalue weighted by molar-refractivity contribution is -0.236. The van der Waals surface area contributed by atoms with E-state index < -0.39 is 28.9 Å². The fourth-order valence-corrected chi connectivity index (χ4v) is 8.68. The van der Waals surface area contributed by atoms with Crippen molar-refractivity contribution in [2.75, 3.05) is 36.9 Å². The van der Waals surface area contributed by atoms with E-state index in [1.54, 1.807) is 0 Å². The number of nitrogens with one attached hydrogen (secondary N) is 1. The van der Waals surface area contributed by atoms with Crippen LogP contribution in [-0.4, -0.2) is 58.4 Å². The van der Waals surface area contributed by atoms with Crippen LogP contribution in [0, 0.1) is 22.5 Å². The van der Waals surface area contributed by atoms with Crippen molar-refractivity contribution >= 4 is 43.4 Å². The first-order chi connectivity index (χ1) is 20.5. The molecule has 0 radical (unpaired) electrons. The molecule has 4 bridgehead atoms. The van der Waals surface area contributed by atoms with E-state index in [0.717, 1.165) is 61.6 Å². The van der Waals surface area contributed by atoms with Gasteiger partial charge in [0.1, 0.15) is 17.2 Å². The zero-order chi connectivity index (χ0) is 29.9. The molecule has 2 atom stereocenters. The molecule has 5 fully saturated rings. The van der Waals surface area contributed by atoms with Gasteiger partial charge in [-0.15, -0.1) is 0 Å². The standard InChI is InChI=1S/C29H27F5N6O2S/c30-18-4-3-15(22-23(18)43-25(35)37-22)19-17(29(32,33)34)5-16-21(20(19)31)38-26(42-12-28-8-27(9-28,10-28)11-41)39-24(16)40-6-13-1-2-14(7-40)36-13/h3-5,13-14,36,41H,1-2,6-12H2,(H2,35,37). The SMILES string of the molecule is Nc1nc2c(-c3c(C(F)(F)F)cc4c(N5CC6CCC(C5)N6)nc(OCC56CC(CO)(C5)C6)nc4c3F)ccc(F)c2s1. The highest BCUT2D eigenvalue weighted by Gasteiger charge is 2.67. The van der Waals surface area contributed by atoms with Crippen molar-refractivity contribution in [1.82, 2.24) is 20.3 Å². The summed E-state index contributed by atoms with van der Waals surface area (Å²) in [7, 11) is 0. The number of nitrogens with two attached hydrogens (primary N) is 1. The predicted octanol–water partition coefficient (Wildman–Crippen LogP) is 5.27. The van der Waals surface area contributed by atoms with Crippen LogP contribution in [-0.2, 0) is 6.18 Å². The van der Waals surface area contributed by atoms with Crippen molar-refractivity contribution in [2.45, 2.75) is 50.4 Å². The van der Waals surface area contributed by atoms with Gasteiger partial charge in [-0.2, -0.15) is 23.1 Å². The van der Waals surface area contributed by atoms with Gasteiger partial charge in [0.25, 0.3) is 0 Å². The lowest BCUT2D eigenvalue weighted by Crippen LogP contribution is -2.65. The fraction of sp³-hybridized carbons (Fsp3) is 0.483. The Morgan fingerprint density at radius 2 is 1.77 bits per heavy atom. The Bertz CT molecular complexity index is 1780. The Balaban J connectivity index is 1.31. The second-order valence-corrected chi connectivity index (χ2v) is 13.7. The summed E-state index contributed by atoms with van der Waals surface area (Å²) in [5.74, 6) is -1.76. The van der Waals surface area contributed by atoms with Gasteiger partial charge in [-0.25, -0.2) is 13.8 Å². The molecule has 8 nitrogen and oxygen atoms in total. The lowest BCUT2D eigenvalue weighted by atomic mass is 9.36. The van der Waals surface area contributed by atoms with E-state index in [1.165, 1.54) is 0 Å². The predicted molar refractivity (Wildman–Crippen MR) is 151 cm³/mol. The number of anilines is 2. The second kappa shape index (κ2) is 9.08. The van der Waals surface area contributed by atoms with Gasteiger partial charge in [0.05, 0.1) is 22.4 Å². The van der Waals surface area contributed by atoms with Crippen LogP contribution in [0.15, 0.2) is 18.2 Å². The van der Waals surface area contributed by atoms with Crippen molar-refractivity contribution in [2.24, 2.45) is 10.8 Å². The maximum absolute atomic E-state index is 16.7. The summed E-state index contributed by atoms with van der Waals surface area (Å²) in [6.07, 6.45) is -0.693. The van der Waals surface area contributed by atoms with Crippen LogP contribution >= 0.6 is 11.3 Å². The number of nitrogens with zero attached hydrogens (tertiary/aromatic N) is 4. The molecular formula is C29H27F5N6O2S. The van der Waals surface area contributed by atoms with Gasteiger partial charge in [-0.1, -0.05) is 11.3 Å². The largest absolute Gasteiger partial charge is 0.463 e. The zero-order valence-corrected chi connectivity index (χ0v) is 23.6. The van der Waals surface area contributed by atoms with Crippen molar-refractivity contribution in [3.8, 4) is 17.1 Å². The highest BCUT2D eigenvalue weighted by atomic mass is 32.1. The number of thiazole rings is 1. The van der Waals surface area contributed by atoms with Gasteiger partial charge in [-0.05, 0) is 55.7 Å². The number of aromatic nitrogens is 3. The number of ether oxygens (including phenoxy) is 1. The van der Waals surface area contributed by atoms with Crippen molar-refractivity contribution in [3.05, 3.63) is 35.4 Å². The molecule has 226 valence electrons. The quantitative estimate of drug-likeness (QED) is 0.251. The third-order valence-corrected chi connectivity index (χ3v) is 10.5. The van der Waals surface area contributed by atoms with Gasteiger partial charge in [0, 0.05) is 53.7 Å². The van der Waals surface area contributed by atoms with Crippen molar-refractivity contribution in [3.63, 3.8) is 0 Å². The minimum Gasteiger partial charge on any atom is -0.463 e. The van der Waals surface area contributed by atoms with E-state index in [0.29, 0.717) is 13.1 Å². The number of rotatable bonds is 6. The molecule has 4 N–H and O–H groups in total. The number of piperazine rings is 1. The molecule has 5 aliphatic rings. The Morgan fingerprint density at radius 1 is 1.05 bits per heavy atom. The fourth-order valence-electron chi connectivity index (χ4n) is 7.92. The molecular weight excluding hydrogens is 591 g/mol. The highest BCUT2D eigenvalue weighted by molar-refractivity contribution is 7.22. The smallest absolute Gasteiger partial charge is 0.417 e. The maximum atomic E-state index is 16.7. The number of hydrogen-bond donors (Lipinski definition) is 3. The molecule has 2 aromatic carbocycles. The molecule has 2 aliphatic heterocycles. The van der Waals surface area contributed by atoms with Gasteiger partial charge in [-0.3, -0.25) is 0 Å². The van der Waals surface area contributed by atoms with Crippen LogP contribution in [0.1, 0.15) is 37.7 Å². The van der Waals surface area contributed by atoms with Gasteiger partial charge < -0.3 is 25.8 Å². The summed E-state index contributed by atoms with van der Waals surface area (Å²) < 4.78 is 81.3. The summed E-state index contributed by atoms with van der Waals surface area (Å²) >= 11 is 0.776. The molecule has 0 amide bonds. The third-order valence-electron chi connectivity index (χ3n) is 9.59.